The van der Waals surface area contributed by atoms with E-state index in [4.69, 9.17) is 0 Å². The lowest BCUT2D eigenvalue weighted by Crippen LogP contribution is -2.40. The Balaban J connectivity index is 1.38. The maximum absolute atomic E-state index is 12.4. The summed E-state index contributed by atoms with van der Waals surface area (Å²) < 4.78 is 0. The molecule has 150 valence electrons. The lowest BCUT2D eigenvalue weighted by atomic mass is 9.88. The molecule has 0 atom stereocenters. The maximum atomic E-state index is 12.4. The number of hydrogen-bond acceptors (Lipinski definition) is 3. The van der Waals surface area contributed by atoms with E-state index in [1.54, 1.807) is 24.3 Å². The first kappa shape index (κ1) is 19.6. The van der Waals surface area contributed by atoms with Crippen LogP contribution in [-0.2, 0) is 4.79 Å². The van der Waals surface area contributed by atoms with Crippen LogP contribution >= 0.6 is 0 Å². The van der Waals surface area contributed by atoms with Crippen LogP contribution in [0.15, 0.2) is 84.9 Å². The fraction of sp³-hybridized carbons (Fsp3) is 0.160. The molecule has 3 amide bonds. The van der Waals surface area contributed by atoms with Crippen LogP contribution in [0.3, 0.4) is 0 Å². The van der Waals surface area contributed by atoms with Crippen molar-refractivity contribution in [1.29, 1.82) is 0 Å². The van der Waals surface area contributed by atoms with Crippen molar-refractivity contribution in [3.63, 3.8) is 0 Å². The third-order valence-electron chi connectivity index (χ3n) is 5.34. The molecule has 1 N–H and O–H groups in total. The molecule has 1 heterocycles. The minimum atomic E-state index is -0.419. The van der Waals surface area contributed by atoms with E-state index in [1.165, 1.54) is 11.1 Å². The normalized spacial score (nSPS) is 12.9. The van der Waals surface area contributed by atoms with Crippen LogP contribution in [0.5, 0.6) is 0 Å². The van der Waals surface area contributed by atoms with Gasteiger partial charge in [0.25, 0.3) is 11.8 Å². The average Bonchev–Trinajstić information content (AvgIpc) is 3.03. The van der Waals surface area contributed by atoms with Crippen molar-refractivity contribution in [2.24, 2.45) is 0 Å². The van der Waals surface area contributed by atoms with Gasteiger partial charge in [-0.15, -0.1) is 0 Å². The molecule has 5 nitrogen and oxygen atoms in total. The minimum Gasteiger partial charge on any atom is -0.355 e. The fourth-order valence-corrected chi connectivity index (χ4v) is 3.83. The van der Waals surface area contributed by atoms with E-state index in [0.29, 0.717) is 24.1 Å². The molecule has 5 heteroatoms. The van der Waals surface area contributed by atoms with Gasteiger partial charge in [0, 0.05) is 12.5 Å². The fourth-order valence-electron chi connectivity index (χ4n) is 3.83. The topological polar surface area (TPSA) is 66.5 Å². The maximum Gasteiger partial charge on any atom is 0.262 e. The number of rotatable bonds is 7. The molecule has 4 rings (SSSR count). The molecule has 0 radical (unpaired) electrons. The van der Waals surface area contributed by atoms with Crippen LogP contribution < -0.4 is 5.32 Å². The first-order chi connectivity index (χ1) is 14.6. The van der Waals surface area contributed by atoms with Crippen LogP contribution in [0.1, 0.15) is 44.2 Å². The second-order valence-electron chi connectivity index (χ2n) is 7.25. The highest BCUT2D eigenvalue weighted by atomic mass is 16.2. The second kappa shape index (κ2) is 8.74. The number of fused-ring (bicyclic) bond motifs is 1. The Morgan fingerprint density at radius 1 is 0.733 bits per heavy atom. The third kappa shape index (κ3) is 4.01. The number of nitrogens with one attached hydrogen (secondary N) is 1. The first-order valence-corrected chi connectivity index (χ1v) is 9.97. The zero-order valence-corrected chi connectivity index (χ0v) is 16.5. The Hall–Kier alpha value is -3.73. The summed E-state index contributed by atoms with van der Waals surface area (Å²) in [6, 6.07) is 27.0. The van der Waals surface area contributed by atoms with Gasteiger partial charge in [0.05, 0.1) is 11.1 Å². The van der Waals surface area contributed by atoms with Crippen molar-refractivity contribution in [2.45, 2.75) is 12.3 Å². The SMILES string of the molecule is O=C(CN1C(=O)c2ccccc2C1=O)NCCC(c1ccccc1)c1ccccc1. The molecule has 30 heavy (non-hydrogen) atoms. The van der Waals surface area contributed by atoms with Crippen molar-refractivity contribution in [3.05, 3.63) is 107 Å². The van der Waals surface area contributed by atoms with E-state index in [9.17, 15) is 14.4 Å². The number of carbonyl (C=O) groups is 3. The van der Waals surface area contributed by atoms with E-state index in [0.717, 1.165) is 4.90 Å². The zero-order chi connectivity index (χ0) is 20.9. The molecule has 0 spiro atoms. The molecule has 3 aromatic rings. The molecule has 0 aliphatic carbocycles. The lowest BCUT2D eigenvalue weighted by molar-refractivity contribution is -0.121. The average molecular weight is 398 g/mol. The van der Waals surface area contributed by atoms with Gasteiger partial charge in [-0.3, -0.25) is 19.3 Å². The van der Waals surface area contributed by atoms with Crippen molar-refractivity contribution < 1.29 is 14.4 Å². The number of hydrogen-bond donors (Lipinski definition) is 1. The summed E-state index contributed by atoms with van der Waals surface area (Å²) in [6.07, 6.45) is 0.710. The Kier molecular flexibility index (Phi) is 5.70. The molecule has 0 bridgehead atoms. The largest absolute Gasteiger partial charge is 0.355 e. The highest BCUT2D eigenvalue weighted by Gasteiger charge is 2.36. The molecule has 1 aliphatic heterocycles. The Labute approximate surface area is 175 Å². The van der Waals surface area contributed by atoms with Crippen molar-refractivity contribution in [3.8, 4) is 0 Å². The van der Waals surface area contributed by atoms with E-state index in [-0.39, 0.29) is 18.4 Å². The summed E-state index contributed by atoms with van der Waals surface area (Å²) in [5, 5.41) is 2.86. The molecule has 0 saturated heterocycles. The molecular formula is C25H22N2O3. The van der Waals surface area contributed by atoms with E-state index < -0.39 is 11.8 Å². The lowest BCUT2D eigenvalue weighted by Gasteiger charge is -2.19. The van der Waals surface area contributed by atoms with Gasteiger partial charge in [0.15, 0.2) is 0 Å². The molecular weight excluding hydrogens is 376 g/mol. The number of nitrogens with zero attached hydrogens (tertiary/aromatic N) is 1. The number of carbonyl (C=O) groups excluding carboxylic acids is 3. The quantitative estimate of drug-likeness (QED) is 0.618. The molecule has 3 aromatic carbocycles. The van der Waals surface area contributed by atoms with Crippen LogP contribution in [0, 0.1) is 0 Å². The van der Waals surface area contributed by atoms with Gasteiger partial charge < -0.3 is 5.32 Å². The van der Waals surface area contributed by atoms with Gasteiger partial charge in [-0.2, -0.15) is 0 Å². The number of imide groups is 1. The summed E-state index contributed by atoms with van der Waals surface area (Å²) >= 11 is 0. The summed E-state index contributed by atoms with van der Waals surface area (Å²) in [5.74, 6) is -1.04. The van der Waals surface area contributed by atoms with E-state index in [1.807, 2.05) is 36.4 Å². The summed E-state index contributed by atoms with van der Waals surface area (Å²) in [5.41, 5.74) is 3.06. The van der Waals surface area contributed by atoms with Crippen molar-refractivity contribution in [1.82, 2.24) is 10.2 Å². The van der Waals surface area contributed by atoms with Gasteiger partial charge >= 0.3 is 0 Å². The predicted molar refractivity (Wildman–Crippen MR) is 114 cm³/mol. The first-order valence-electron chi connectivity index (χ1n) is 9.97. The molecule has 0 unspecified atom stereocenters. The predicted octanol–water partition coefficient (Wildman–Crippen LogP) is 3.62. The molecule has 0 aromatic heterocycles. The zero-order valence-electron chi connectivity index (χ0n) is 16.5. The van der Waals surface area contributed by atoms with Gasteiger partial charge in [0.2, 0.25) is 5.91 Å². The molecule has 0 fully saturated rings. The van der Waals surface area contributed by atoms with Crippen LogP contribution in [-0.4, -0.2) is 35.7 Å². The third-order valence-corrected chi connectivity index (χ3v) is 5.34. The van der Waals surface area contributed by atoms with Gasteiger partial charge in [-0.1, -0.05) is 72.8 Å². The van der Waals surface area contributed by atoms with E-state index >= 15 is 0 Å². The summed E-state index contributed by atoms with van der Waals surface area (Å²) in [4.78, 5) is 38.3. The van der Waals surface area contributed by atoms with Crippen molar-refractivity contribution >= 4 is 17.7 Å². The Morgan fingerprint density at radius 2 is 1.20 bits per heavy atom. The molecule has 0 saturated carbocycles. The van der Waals surface area contributed by atoms with Crippen LogP contribution in [0.4, 0.5) is 0 Å². The van der Waals surface area contributed by atoms with Crippen LogP contribution in [0.25, 0.3) is 0 Å². The van der Waals surface area contributed by atoms with Crippen LogP contribution in [0.2, 0.25) is 0 Å². The van der Waals surface area contributed by atoms with E-state index in [2.05, 4.69) is 29.6 Å². The van der Waals surface area contributed by atoms with Gasteiger partial charge in [-0.05, 0) is 29.7 Å². The number of benzene rings is 3. The van der Waals surface area contributed by atoms with Gasteiger partial charge in [0.1, 0.15) is 6.54 Å². The highest BCUT2D eigenvalue weighted by Crippen LogP contribution is 2.27. The minimum absolute atomic E-state index is 0.145. The smallest absolute Gasteiger partial charge is 0.262 e. The Morgan fingerprint density at radius 3 is 1.70 bits per heavy atom. The standard InChI is InChI=1S/C25H22N2O3/c28-23(17-27-24(29)21-13-7-8-14-22(21)25(27)30)26-16-15-20(18-9-3-1-4-10-18)19-11-5-2-6-12-19/h1-14,20H,15-17H2,(H,26,28). The highest BCUT2D eigenvalue weighted by molar-refractivity contribution is 6.22. The monoisotopic (exact) mass is 398 g/mol. The van der Waals surface area contributed by atoms with Gasteiger partial charge in [-0.25, -0.2) is 0 Å². The summed E-state index contributed by atoms with van der Waals surface area (Å²) in [6.45, 7) is 0.171. The number of amides is 3. The Bertz CT molecular complexity index is 990. The second-order valence-corrected chi connectivity index (χ2v) is 7.25. The van der Waals surface area contributed by atoms with Crippen molar-refractivity contribution in [2.75, 3.05) is 13.1 Å². The molecule has 1 aliphatic rings. The summed E-state index contributed by atoms with van der Waals surface area (Å²) in [7, 11) is 0.